The van der Waals surface area contributed by atoms with Crippen LogP contribution in [0.2, 0.25) is 5.02 Å². The number of carbonyl (C=O) groups is 1. The van der Waals surface area contributed by atoms with Crippen molar-refractivity contribution >= 4 is 45.7 Å². The molecule has 2 heterocycles. The second-order valence-electron chi connectivity index (χ2n) is 6.55. The Morgan fingerprint density at radius 1 is 1.21 bits per heavy atom. The van der Waals surface area contributed by atoms with E-state index in [4.69, 9.17) is 11.6 Å². The molecule has 0 fully saturated rings. The Hall–Kier alpha value is -3.13. The van der Waals surface area contributed by atoms with E-state index in [0.29, 0.717) is 40.3 Å². The van der Waals surface area contributed by atoms with E-state index in [2.05, 4.69) is 4.98 Å². The van der Waals surface area contributed by atoms with Gasteiger partial charge in [-0.2, -0.15) is 13.2 Å². The Labute approximate surface area is 167 Å². The average molecular weight is 420 g/mol. The minimum atomic E-state index is -4.97. The Bertz CT molecular complexity index is 1230. The van der Waals surface area contributed by atoms with E-state index in [0.717, 1.165) is 5.57 Å². The van der Waals surface area contributed by atoms with Crippen LogP contribution in [0.5, 0.6) is 0 Å². The van der Waals surface area contributed by atoms with Crippen LogP contribution in [-0.4, -0.2) is 21.6 Å². The SMILES string of the molecule is O=C(Nc1cccc(/C=C2\CCn3c2nc2cc(Cl)ccc2c3=O)c1)C(F)(F)F. The number of carbonyl (C=O) groups excluding carboxylic acids is 1. The van der Waals surface area contributed by atoms with Crippen molar-refractivity contribution in [3.8, 4) is 0 Å². The van der Waals surface area contributed by atoms with Gasteiger partial charge < -0.3 is 5.32 Å². The predicted molar refractivity (Wildman–Crippen MR) is 105 cm³/mol. The number of benzene rings is 2. The van der Waals surface area contributed by atoms with Crippen molar-refractivity contribution in [3.05, 3.63) is 69.2 Å². The van der Waals surface area contributed by atoms with Gasteiger partial charge in [0.1, 0.15) is 5.82 Å². The third kappa shape index (κ3) is 3.75. The maximum absolute atomic E-state index is 12.7. The maximum Gasteiger partial charge on any atom is 0.471 e. The number of halogens is 4. The average Bonchev–Trinajstić information content (AvgIpc) is 3.04. The van der Waals surface area contributed by atoms with Crippen molar-refractivity contribution in [2.24, 2.45) is 0 Å². The number of rotatable bonds is 2. The number of hydrogen-bond acceptors (Lipinski definition) is 3. The Balaban J connectivity index is 1.72. The van der Waals surface area contributed by atoms with Crippen LogP contribution in [0, 0.1) is 0 Å². The molecule has 9 heteroatoms. The van der Waals surface area contributed by atoms with E-state index >= 15 is 0 Å². The number of anilines is 1. The highest BCUT2D eigenvalue weighted by Crippen LogP contribution is 2.29. The van der Waals surface area contributed by atoms with E-state index in [1.807, 2.05) is 5.32 Å². The predicted octanol–water partition coefficient (Wildman–Crippen LogP) is 4.50. The van der Waals surface area contributed by atoms with Gasteiger partial charge in [-0.1, -0.05) is 23.7 Å². The van der Waals surface area contributed by atoms with Crippen molar-refractivity contribution in [1.82, 2.24) is 9.55 Å². The van der Waals surface area contributed by atoms with E-state index in [1.54, 1.807) is 34.9 Å². The van der Waals surface area contributed by atoms with Crippen molar-refractivity contribution in [2.45, 2.75) is 19.1 Å². The number of amides is 1. The second-order valence-corrected chi connectivity index (χ2v) is 6.99. The number of alkyl halides is 3. The summed E-state index contributed by atoms with van der Waals surface area (Å²) in [5, 5.41) is 2.76. The highest BCUT2D eigenvalue weighted by atomic mass is 35.5. The van der Waals surface area contributed by atoms with E-state index in [1.165, 1.54) is 18.2 Å². The van der Waals surface area contributed by atoms with Gasteiger partial charge in [-0.3, -0.25) is 14.2 Å². The Morgan fingerprint density at radius 2 is 2.00 bits per heavy atom. The molecule has 0 saturated carbocycles. The van der Waals surface area contributed by atoms with Crippen molar-refractivity contribution in [2.75, 3.05) is 5.32 Å². The smallest absolute Gasteiger partial charge is 0.318 e. The van der Waals surface area contributed by atoms with Crippen LogP contribution >= 0.6 is 11.6 Å². The van der Waals surface area contributed by atoms with E-state index < -0.39 is 12.1 Å². The monoisotopic (exact) mass is 419 g/mol. The summed E-state index contributed by atoms with van der Waals surface area (Å²) in [5.41, 5.74) is 1.68. The van der Waals surface area contributed by atoms with Crippen molar-refractivity contribution < 1.29 is 18.0 Å². The fourth-order valence-electron chi connectivity index (χ4n) is 3.24. The molecule has 148 valence electrons. The molecule has 1 aliphatic rings. The highest BCUT2D eigenvalue weighted by Gasteiger charge is 2.38. The molecule has 1 aromatic heterocycles. The third-order valence-corrected chi connectivity index (χ3v) is 4.79. The molecule has 0 radical (unpaired) electrons. The minimum Gasteiger partial charge on any atom is -0.318 e. The van der Waals surface area contributed by atoms with Gasteiger partial charge >= 0.3 is 12.1 Å². The summed E-state index contributed by atoms with van der Waals surface area (Å²) in [7, 11) is 0. The van der Waals surface area contributed by atoms with Gasteiger partial charge in [0.2, 0.25) is 0 Å². The van der Waals surface area contributed by atoms with Crippen LogP contribution in [-0.2, 0) is 11.3 Å². The number of nitrogens with one attached hydrogen (secondary N) is 1. The summed E-state index contributed by atoms with van der Waals surface area (Å²) >= 11 is 6.00. The van der Waals surface area contributed by atoms with Gasteiger partial charge in [0.05, 0.1) is 10.9 Å². The first-order valence-corrected chi connectivity index (χ1v) is 8.99. The van der Waals surface area contributed by atoms with Gasteiger partial charge in [0.25, 0.3) is 5.56 Å². The van der Waals surface area contributed by atoms with E-state index in [-0.39, 0.29) is 11.2 Å². The van der Waals surface area contributed by atoms with Crippen LogP contribution in [0.1, 0.15) is 17.8 Å². The third-order valence-electron chi connectivity index (χ3n) is 4.55. The zero-order valence-electron chi connectivity index (χ0n) is 14.8. The number of hydrogen-bond donors (Lipinski definition) is 1. The second kappa shape index (κ2) is 7.04. The molecule has 0 spiro atoms. The van der Waals surface area contributed by atoms with Gasteiger partial charge in [0.15, 0.2) is 0 Å². The maximum atomic E-state index is 12.7. The first-order chi connectivity index (χ1) is 13.7. The quantitative estimate of drug-likeness (QED) is 0.665. The summed E-state index contributed by atoms with van der Waals surface area (Å²) in [6.45, 7) is 0.454. The number of nitrogens with zero attached hydrogens (tertiary/aromatic N) is 2. The summed E-state index contributed by atoms with van der Waals surface area (Å²) in [4.78, 5) is 28.4. The topological polar surface area (TPSA) is 64.0 Å². The first kappa shape index (κ1) is 19.2. The Kier molecular flexibility index (Phi) is 4.66. The normalized spacial score (nSPS) is 15.0. The molecule has 5 nitrogen and oxygen atoms in total. The van der Waals surface area contributed by atoms with Gasteiger partial charge in [0, 0.05) is 17.3 Å². The fraction of sp³-hybridized carbons (Fsp3) is 0.150. The molecule has 4 rings (SSSR count). The molecule has 3 aromatic rings. The van der Waals surface area contributed by atoms with Crippen molar-refractivity contribution in [3.63, 3.8) is 0 Å². The molecule has 1 N–H and O–H groups in total. The number of aromatic nitrogens is 2. The van der Waals surface area contributed by atoms with Crippen LogP contribution in [0.15, 0.2) is 47.3 Å². The molecule has 1 aliphatic heterocycles. The van der Waals surface area contributed by atoms with E-state index in [9.17, 15) is 22.8 Å². The molecular weight excluding hydrogens is 407 g/mol. The largest absolute Gasteiger partial charge is 0.471 e. The summed E-state index contributed by atoms with van der Waals surface area (Å²) in [6.07, 6.45) is -2.68. The van der Waals surface area contributed by atoms with Gasteiger partial charge in [-0.15, -0.1) is 0 Å². The Morgan fingerprint density at radius 3 is 2.76 bits per heavy atom. The molecule has 2 aromatic carbocycles. The molecular formula is C20H13ClF3N3O2. The molecule has 0 bridgehead atoms. The number of fused-ring (bicyclic) bond motifs is 2. The zero-order chi connectivity index (χ0) is 20.8. The summed E-state index contributed by atoms with van der Waals surface area (Å²) < 4.78 is 38.9. The fourth-order valence-corrected chi connectivity index (χ4v) is 3.40. The standard InChI is InChI=1S/C20H13ClF3N3O2/c21-13-4-5-15-16(10-13)26-17-12(6-7-27(17)18(15)28)8-11-2-1-3-14(9-11)25-19(29)20(22,23)24/h1-5,8-10H,6-7H2,(H,25,29)/b12-8+. The van der Waals surface area contributed by atoms with Crippen molar-refractivity contribution in [1.29, 1.82) is 0 Å². The highest BCUT2D eigenvalue weighted by molar-refractivity contribution is 6.31. The molecule has 0 unspecified atom stereocenters. The molecule has 0 saturated heterocycles. The lowest BCUT2D eigenvalue weighted by atomic mass is 10.1. The van der Waals surface area contributed by atoms with Gasteiger partial charge in [-0.25, -0.2) is 4.98 Å². The lowest BCUT2D eigenvalue weighted by Crippen LogP contribution is -2.29. The van der Waals surface area contributed by atoms with Gasteiger partial charge in [-0.05, 0) is 54.0 Å². The summed E-state index contributed by atoms with van der Waals surface area (Å²) in [6, 6.07) is 10.9. The minimum absolute atomic E-state index is 0.0234. The van der Waals surface area contributed by atoms with Crippen LogP contribution in [0.25, 0.3) is 22.6 Å². The molecule has 1 amide bonds. The number of allylic oxidation sites excluding steroid dienone is 1. The van der Waals surface area contributed by atoms with Crippen LogP contribution < -0.4 is 10.9 Å². The lowest BCUT2D eigenvalue weighted by molar-refractivity contribution is -0.167. The lowest BCUT2D eigenvalue weighted by Gasteiger charge is -2.09. The molecule has 0 atom stereocenters. The van der Waals surface area contributed by atoms with Crippen LogP contribution in [0.4, 0.5) is 18.9 Å². The molecule has 29 heavy (non-hydrogen) atoms. The van der Waals surface area contributed by atoms with Crippen LogP contribution in [0.3, 0.4) is 0 Å². The zero-order valence-corrected chi connectivity index (χ0v) is 15.5. The molecule has 0 aliphatic carbocycles. The first-order valence-electron chi connectivity index (χ1n) is 8.62. The summed E-state index contributed by atoms with van der Waals surface area (Å²) in [5.74, 6) is -1.54.